The van der Waals surface area contributed by atoms with Crippen LogP contribution in [-0.2, 0) is 27.6 Å². The van der Waals surface area contributed by atoms with Crippen molar-refractivity contribution >= 4 is 10.0 Å². The number of hydrogen-bond donors (Lipinski definition) is 1. The fourth-order valence-electron chi connectivity index (χ4n) is 2.98. The van der Waals surface area contributed by atoms with Gasteiger partial charge in [0.15, 0.2) is 5.82 Å². The van der Waals surface area contributed by atoms with Crippen LogP contribution in [0.5, 0.6) is 0 Å². The lowest BCUT2D eigenvalue weighted by Gasteiger charge is -2.27. The fraction of sp³-hybridized carbons (Fsp3) is 0.556. The second-order valence-corrected chi connectivity index (χ2v) is 8.51. The Balaban J connectivity index is 1.94. The summed E-state index contributed by atoms with van der Waals surface area (Å²) >= 11 is 0. The van der Waals surface area contributed by atoms with Crippen molar-refractivity contribution in [3.8, 4) is 11.5 Å². The summed E-state index contributed by atoms with van der Waals surface area (Å²) in [6.07, 6.45) is 1.25. The first-order chi connectivity index (χ1) is 13.0. The van der Waals surface area contributed by atoms with Crippen LogP contribution < -0.4 is 5.32 Å². The maximum Gasteiger partial charge on any atom is 0.257 e. The lowest BCUT2D eigenvalue weighted by molar-refractivity contribution is 0.0730. The molecule has 3 rings (SSSR count). The van der Waals surface area contributed by atoms with Crippen LogP contribution >= 0.6 is 0 Å². The Morgan fingerprint density at radius 2 is 2.04 bits per heavy atom. The summed E-state index contributed by atoms with van der Waals surface area (Å²) in [4.78, 5) is 4.71. The van der Waals surface area contributed by atoms with E-state index in [4.69, 9.17) is 9.26 Å². The Morgan fingerprint density at radius 1 is 1.30 bits per heavy atom. The van der Waals surface area contributed by atoms with Crippen molar-refractivity contribution in [1.82, 2.24) is 19.8 Å². The molecule has 1 saturated heterocycles. The minimum atomic E-state index is -3.60. The van der Waals surface area contributed by atoms with Gasteiger partial charge < -0.3 is 14.6 Å². The third-order valence-corrected chi connectivity index (χ3v) is 6.71. The van der Waals surface area contributed by atoms with Gasteiger partial charge >= 0.3 is 0 Å². The number of aromatic nitrogens is 2. The smallest absolute Gasteiger partial charge is 0.257 e. The van der Waals surface area contributed by atoms with Crippen molar-refractivity contribution in [1.29, 1.82) is 0 Å². The Kier molecular flexibility index (Phi) is 6.25. The van der Waals surface area contributed by atoms with E-state index in [0.29, 0.717) is 61.3 Å². The molecule has 8 nitrogen and oxygen atoms in total. The molecule has 1 aliphatic rings. The molecule has 0 spiro atoms. The molecule has 0 bridgehead atoms. The predicted octanol–water partition coefficient (Wildman–Crippen LogP) is 1.47. The van der Waals surface area contributed by atoms with Crippen LogP contribution in [0.2, 0.25) is 0 Å². The number of sulfonamides is 1. The number of nitrogens with one attached hydrogen (secondary N) is 1. The molecule has 1 unspecified atom stereocenters. The van der Waals surface area contributed by atoms with E-state index in [1.54, 1.807) is 6.07 Å². The van der Waals surface area contributed by atoms with Crippen molar-refractivity contribution in [2.75, 3.05) is 33.4 Å². The Bertz CT molecular complexity index is 875. The van der Waals surface area contributed by atoms with E-state index in [1.165, 1.54) is 4.31 Å². The number of benzene rings is 1. The second-order valence-electron chi connectivity index (χ2n) is 6.60. The van der Waals surface area contributed by atoms with E-state index in [0.717, 1.165) is 5.56 Å². The topological polar surface area (TPSA) is 97.6 Å². The van der Waals surface area contributed by atoms with Gasteiger partial charge in [0.25, 0.3) is 5.89 Å². The number of rotatable bonds is 7. The molecule has 0 amide bonds. The minimum absolute atomic E-state index is 0.218. The maximum atomic E-state index is 13.1. The van der Waals surface area contributed by atoms with Crippen molar-refractivity contribution in [2.45, 2.75) is 37.6 Å². The maximum absolute atomic E-state index is 13.1. The van der Waals surface area contributed by atoms with Crippen LogP contribution in [0.15, 0.2) is 27.6 Å². The molecule has 9 heteroatoms. The van der Waals surface area contributed by atoms with Gasteiger partial charge in [-0.1, -0.05) is 18.1 Å². The van der Waals surface area contributed by atoms with Crippen molar-refractivity contribution < 1.29 is 17.7 Å². The van der Waals surface area contributed by atoms with Crippen molar-refractivity contribution in [3.05, 3.63) is 29.6 Å². The molecule has 1 atom stereocenters. The Morgan fingerprint density at radius 3 is 2.70 bits per heavy atom. The van der Waals surface area contributed by atoms with E-state index in [-0.39, 0.29) is 6.04 Å². The van der Waals surface area contributed by atoms with Crippen molar-refractivity contribution in [2.24, 2.45) is 0 Å². The van der Waals surface area contributed by atoms with Gasteiger partial charge in [-0.15, -0.1) is 0 Å². The number of ether oxygens (including phenoxy) is 1. The highest BCUT2D eigenvalue weighted by atomic mass is 32.2. The molecule has 1 fully saturated rings. The number of aryl methyl sites for hydroxylation is 1. The first-order valence-corrected chi connectivity index (χ1v) is 10.6. The molecule has 27 heavy (non-hydrogen) atoms. The predicted molar refractivity (Wildman–Crippen MR) is 101 cm³/mol. The van der Waals surface area contributed by atoms with Crippen LogP contribution in [0.1, 0.15) is 25.2 Å². The molecule has 0 saturated carbocycles. The zero-order valence-corrected chi connectivity index (χ0v) is 16.8. The molecular weight excluding hydrogens is 368 g/mol. The summed E-state index contributed by atoms with van der Waals surface area (Å²) in [5.41, 5.74) is 1.38. The second kappa shape index (κ2) is 8.47. The lowest BCUT2D eigenvalue weighted by atomic mass is 10.1. The van der Waals surface area contributed by atoms with E-state index in [9.17, 15) is 8.42 Å². The standard InChI is InChI=1S/C18H26N4O4S/c1-4-14-5-6-15(18-20-17(21-26-18)11-13(2)19-3)12-16(14)27(23,24)22-7-9-25-10-8-22/h5-6,12-13,19H,4,7-11H2,1-3H3. The van der Waals surface area contributed by atoms with Gasteiger partial charge in [0.2, 0.25) is 10.0 Å². The lowest BCUT2D eigenvalue weighted by Crippen LogP contribution is -2.40. The normalized spacial score (nSPS) is 17.1. The average molecular weight is 394 g/mol. The van der Waals surface area contributed by atoms with Gasteiger partial charge in [0.1, 0.15) is 0 Å². The summed E-state index contributed by atoms with van der Waals surface area (Å²) in [5.74, 6) is 0.915. The van der Waals surface area contributed by atoms with E-state index in [1.807, 2.05) is 33.0 Å². The van der Waals surface area contributed by atoms with Gasteiger partial charge in [-0.3, -0.25) is 0 Å². The van der Waals surface area contributed by atoms with Crippen LogP contribution in [0, 0.1) is 0 Å². The summed E-state index contributed by atoms with van der Waals surface area (Å²) in [7, 11) is -1.73. The van der Waals surface area contributed by atoms with Gasteiger partial charge in [0, 0.05) is 31.1 Å². The molecule has 1 N–H and O–H groups in total. The third-order valence-electron chi connectivity index (χ3n) is 4.73. The fourth-order valence-corrected chi connectivity index (χ4v) is 4.70. The first kappa shape index (κ1) is 19.9. The third kappa shape index (κ3) is 4.37. The van der Waals surface area contributed by atoms with Crippen LogP contribution in [0.4, 0.5) is 0 Å². The van der Waals surface area contributed by atoms with Crippen LogP contribution in [-0.4, -0.2) is 62.3 Å². The quantitative estimate of drug-likeness (QED) is 0.759. The average Bonchev–Trinajstić information content (AvgIpc) is 3.16. The first-order valence-electron chi connectivity index (χ1n) is 9.16. The number of nitrogens with zero attached hydrogens (tertiary/aromatic N) is 3. The van der Waals surface area contributed by atoms with E-state index in [2.05, 4.69) is 15.5 Å². The van der Waals surface area contributed by atoms with Crippen molar-refractivity contribution in [3.63, 3.8) is 0 Å². The minimum Gasteiger partial charge on any atom is -0.379 e. The molecule has 1 aromatic carbocycles. The van der Waals surface area contributed by atoms with E-state index < -0.39 is 10.0 Å². The molecule has 2 aromatic rings. The van der Waals surface area contributed by atoms with Gasteiger partial charge in [-0.25, -0.2) is 8.42 Å². The highest BCUT2D eigenvalue weighted by Gasteiger charge is 2.29. The zero-order chi connectivity index (χ0) is 19.4. The highest BCUT2D eigenvalue weighted by Crippen LogP contribution is 2.27. The van der Waals surface area contributed by atoms with Crippen LogP contribution in [0.25, 0.3) is 11.5 Å². The van der Waals surface area contributed by atoms with Gasteiger partial charge in [0.05, 0.1) is 18.1 Å². The molecule has 148 valence electrons. The van der Waals surface area contributed by atoms with E-state index >= 15 is 0 Å². The number of morpholine rings is 1. The summed E-state index contributed by atoms with van der Waals surface area (Å²) in [6, 6.07) is 5.51. The monoisotopic (exact) mass is 394 g/mol. The molecule has 0 radical (unpaired) electrons. The molecule has 2 heterocycles. The SMILES string of the molecule is CCc1ccc(-c2nc(CC(C)NC)no2)cc1S(=O)(=O)N1CCOCC1. The molecule has 0 aliphatic carbocycles. The molecule has 1 aliphatic heterocycles. The summed E-state index contributed by atoms with van der Waals surface area (Å²) < 4.78 is 38.4. The van der Waals surface area contributed by atoms with Gasteiger partial charge in [-0.2, -0.15) is 9.29 Å². The molecule has 1 aromatic heterocycles. The molecular formula is C18H26N4O4S. The van der Waals surface area contributed by atoms with Gasteiger partial charge in [-0.05, 0) is 38.1 Å². The Labute approximate surface area is 160 Å². The highest BCUT2D eigenvalue weighted by molar-refractivity contribution is 7.89. The number of hydrogen-bond acceptors (Lipinski definition) is 7. The largest absolute Gasteiger partial charge is 0.379 e. The summed E-state index contributed by atoms with van der Waals surface area (Å²) in [6.45, 7) is 5.52. The summed E-state index contributed by atoms with van der Waals surface area (Å²) in [5, 5.41) is 7.13. The Hall–Kier alpha value is -1.81. The number of likely N-dealkylation sites (N-methyl/N-ethyl adjacent to an activating group) is 1. The van der Waals surface area contributed by atoms with Crippen LogP contribution in [0.3, 0.4) is 0 Å². The zero-order valence-electron chi connectivity index (χ0n) is 15.9.